The molecule has 2 aromatic rings. The SMILES string of the molecule is Cc1[nH]nc(N/N=C\c2ccccc2Cl)c1C(=O)[O-]. The minimum atomic E-state index is -1.32. The van der Waals surface area contributed by atoms with Crippen LogP contribution in [0.1, 0.15) is 21.6 Å². The first kappa shape index (κ1) is 13.1. The summed E-state index contributed by atoms with van der Waals surface area (Å²) in [6, 6.07) is 7.13. The van der Waals surface area contributed by atoms with Crippen LogP contribution in [0.5, 0.6) is 0 Å². The topological polar surface area (TPSA) is 93.2 Å². The van der Waals surface area contributed by atoms with Crippen LogP contribution in [0.3, 0.4) is 0 Å². The Hall–Kier alpha value is -2.34. The highest BCUT2D eigenvalue weighted by Crippen LogP contribution is 2.15. The molecule has 7 heteroatoms. The standard InChI is InChI=1S/C12H11ClN4O2/c1-7-10(12(18)19)11(17-15-7)16-14-6-8-4-2-3-5-9(8)13/h2-6H,1H3,(H,18,19)(H2,15,16,17)/p-1/b14-6-. The van der Waals surface area contributed by atoms with Gasteiger partial charge in [0.15, 0.2) is 5.82 Å². The number of H-pyrrole nitrogens is 1. The van der Waals surface area contributed by atoms with Crippen LogP contribution in [0.2, 0.25) is 5.02 Å². The van der Waals surface area contributed by atoms with Crippen molar-refractivity contribution in [1.82, 2.24) is 10.2 Å². The van der Waals surface area contributed by atoms with Gasteiger partial charge in [-0.25, -0.2) is 0 Å². The number of halogens is 1. The third-order valence-electron chi connectivity index (χ3n) is 2.43. The van der Waals surface area contributed by atoms with E-state index in [9.17, 15) is 9.90 Å². The average molecular weight is 278 g/mol. The highest BCUT2D eigenvalue weighted by atomic mass is 35.5. The number of carbonyl (C=O) groups is 1. The quantitative estimate of drug-likeness (QED) is 0.648. The number of hydrogen-bond donors (Lipinski definition) is 2. The maximum Gasteiger partial charge on any atom is 0.177 e. The summed E-state index contributed by atoms with van der Waals surface area (Å²) in [6.45, 7) is 1.58. The second kappa shape index (κ2) is 5.53. The van der Waals surface area contributed by atoms with Gasteiger partial charge in [-0.15, -0.1) is 0 Å². The van der Waals surface area contributed by atoms with Crippen molar-refractivity contribution < 1.29 is 9.90 Å². The zero-order chi connectivity index (χ0) is 13.8. The van der Waals surface area contributed by atoms with Gasteiger partial charge < -0.3 is 9.90 Å². The summed E-state index contributed by atoms with van der Waals surface area (Å²) in [5.74, 6) is -1.22. The van der Waals surface area contributed by atoms with Crippen molar-refractivity contribution in [2.75, 3.05) is 5.43 Å². The molecule has 0 aliphatic rings. The molecular formula is C12H10ClN4O2-. The number of nitrogens with one attached hydrogen (secondary N) is 2. The molecule has 0 spiro atoms. The first-order valence-electron chi connectivity index (χ1n) is 5.39. The molecule has 0 radical (unpaired) electrons. The lowest BCUT2D eigenvalue weighted by atomic mass is 10.2. The molecule has 0 bridgehead atoms. The lowest BCUT2D eigenvalue weighted by molar-refractivity contribution is -0.254. The fourth-order valence-corrected chi connectivity index (χ4v) is 1.69. The zero-order valence-electron chi connectivity index (χ0n) is 9.98. The van der Waals surface area contributed by atoms with Crippen molar-refractivity contribution >= 4 is 29.6 Å². The highest BCUT2D eigenvalue weighted by Gasteiger charge is 2.10. The van der Waals surface area contributed by atoms with Crippen LogP contribution < -0.4 is 10.5 Å². The minimum Gasteiger partial charge on any atom is -0.545 e. The number of aromatic amines is 1. The normalized spacial score (nSPS) is 10.8. The molecule has 2 N–H and O–H groups in total. The molecule has 0 fully saturated rings. The smallest absolute Gasteiger partial charge is 0.177 e. The summed E-state index contributed by atoms with van der Waals surface area (Å²) in [5, 5.41) is 21.7. The molecule has 0 aliphatic carbocycles. The van der Waals surface area contributed by atoms with Gasteiger partial charge in [0.2, 0.25) is 0 Å². The number of aryl methyl sites for hydroxylation is 1. The number of rotatable bonds is 4. The predicted octanol–water partition coefficient (Wildman–Crippen LogP) is 1.18. The van der Waals surface area contributed by atoms with Crippen molar-refractivity contribution in [2.45, 2.75) is 6.92 Å². The van der Waals surface area contributed by atoms with E-state index in [4.69, 9.17) is 11.6 Å². The Kier molecular flexibility index (Phi) is 3.82. The molecule has 0 saturated carbocycles. The number of carbonyl (C=O) groups excluding carboxylic acids is 1. The van der Waals surface area contributed by atoms with Crippen LogP contribution in [0.15, 0.2) is 29.4 Å². The number of hydrogen-bond acceptors (Lipinski definition) is 5. The Morgan fingerprint density at radius 1 is 1.53 bits per heavy atom. The number of nitrogens with zero attached hydrogens (tertiary/aromatic N) is 2. The Balaban J connectivity index is 2.16. The predicted molar refractivity (Wildman–Crippen MR) is 70.3 cm³/mol. The molecule has 19 heavy (non-hydrogen) atoms. The fourth-order valence-electron chi connectivity index (χ4n) is 1.50. The fraction of sp³-hybridized carbons (Fsp3) is 0.0833. The number of benzene rings is 1. The van der Waals surface area contributed by atoms with Crippen molar-refractivity contribution in [1.29, 1.82) is 0 Å². The lowest BCUT2D eigenvalue weighted by Gasteiger charge is -2.03. The summed E-state index contributed by atoms with van der Waals surface area (Å²) in [7, 11) is 0. The van der Waals surface area contributed by atoms with Crippen LogP contribution in [0.4, 0.5) is 5.82 Å². The molecule has 0 saturated heterocycles. The van der Waals surface area contributed by atoms with Crippen molar-refractivity contribution in [3.05, 3.63) is 46.1 Å². The largest absolute Gasteiger partial charge is 0.545 e. The average Bonchev–Trinajstić information content (AvgIpc) is 2.73. The van der Waals surface area contributed by atoms with E-state index in [1.807, 2.05) is 6.07 Å². The summed E-state index contributed by atoms with van der Waals surface area (Å²) in [6.07, 6.45) is 1.48. The number of carboxylic acids is 1. The van der Waals surface area contributed by atoms with Crippen molar-refractivity contribution in [3.63, 3.8) is 0 Å². The number of aromatic carboxylic acids is 1. The maximum atomic E-state index is 10.9. The van der Waals surface area contributed by atoms with Crippen LogP contribution in [0.25, 0.3) is 0 Å². The molecule has 6 nitrogen and oxygen atoms in total. The van der Waals surface area contributed by atoms with Gasteiger partial charge in [0, 0.05) is 16.3 Å². The highest BCUT2D eigenvalue weighted by molar-refractivity contribution is 6.33. The van der Waals surface area contributed by atoms with E-state index in [1.54, 1.807) is 25.1 Å². The van der Waals surface area contributed by atoms with E-state index >= 15 is 0 Å². The minimum absolute atomic E-state index is 0.0451. The van der Waals surface area contributed by atoms with E-state index in [1.165, 1.54) is 6.21 Å². The first-order valence-corrected chi connectivity index (χ1v) is 5.77. The van der Waals surface area contributed by atoms with E-state index < -0.39 is 5.97 Å². The first-order chi connectivity index (χ1) is 9.09. The Bertz CT molecular complexity index is 636. The second-order valence-corrected chi connectivity index (χ2v) is 4.16. The summed E-state index contributed by atoms with van der Waals surface area (Å²) < 4.78 is 0. The number of aromatic nitrogens is 2. The summed E-state index contributed by atoms with van der Waals surface area (Å²) >= 11 is 5.95. The molecular weight excluding hydrogens is 268 g/mol. The molecule has 1 aromatic heterocycles. The van der Waals surface area contributed by atoms with Crippen LogP contribution in [0, 0.1) is 6.92 Å². The van der Waals surface area contributed by atoms with Gasteiger partial charge in [-0.3, -0.25) is 10.5 Å². The Morgan fingerprint density at radius 2 is 2.26 bits per heavy atom. The van der Waals surface area contributed by atoms with E-state index in [0.717, 1.165) is 0 Å². The van der Waals surface area contributed by atoms with E-state index in [-0.39, 0.29) is 11.4 Å². The summed E-state index contributed by atoms with van der Waals surface area (Å²) in [4.78, 5) is 10.9. The molecule has 1 heterocycles. The van der Waals surface area contributed by atoms with Gasteiger partial charge in [0.1, 0.15) is 0 Å². The van der Waals surface area contributed by atoms with Gasteiger partial charge in [0.05, 0.1) is 17.7 Å². The van der Waals surface area contributed by atoms with Crippen LogP contribution in [-0.4, -0.2) is 22.4 Å². The van der Waals surface area contributed by atoms with Gasteiger partial charge in [-0.2, -0.15) is 10.2 Å². The van der Waals surface area contributed by atoms with Gasteiger partial charge in [-0.05, 0) is 13.0 Å². The second-order valence-electron chi connectivity index (χ2n) is 3.75. The number of hydrazone groups is 1. The maximum absolute atomic E-state index is 10.9. The molecule has 98 valence electrons. The number of anilines is 1. The van der Waals surface area contributed by atoms with Gasteiger partial charge >= 0.3 is 0 Å². The zero-order valence-corrected chi connectivity index (χ0v) is 10.7. The van der Waals surface area contributed by atoms with E-state index in [2.05, 4.69) is 20.7 Å². The Morgan fingerprint density at radius 3 is 2.95 bits per heavy atom. The Labute approximate surface area is 114 Å². The monoisotopic (exact) mass is 277 g/mol. The van der Waals surface area contributed by atoms with Gasteiger partial charge in [0.25, 0.3) is 0 Å². The third-order valence-corrected chi connectivity index (χ3v) is 2.77. The molecule has 1 aromatic carbocycles. The summed E-state index contributed by atoms with van der Waals surface area (Å²) in [5.41, 5.74) is 3.60. The molecule has 2 rings (SSSR count). The lowest BCUT2D eigenvalue weighted by Crippen LogP contribution is -2.23. The van der Waals surface area contributed by atoms with E-state index in [0.29, 0.717) is 16.3 Å². The van der Waals surface area contributed by atoms with Crippen LogP contribution >= 0.6 is 11.6 Å². The third kappa shape index (κ3) is 2.92. The van der Waals surface area contributed by atoms with Gasteiger partial charge in [-0.1, -0.05) is 29.8 Å². The molecule has 0 amide bonds. The van der Waals surface area contributed by atoms with Crippen molar-refractivity contribution in [2.24, 2.45) is 5.10 Å². The van der Waals surface area contributed by atoms with Crippen molar-refractivity contribution in [3.8, 4) is 0 Å². The molecule has 0 aliphatic heterocycles. The molecule has 0 atom stereocenters. The number of carboxylic acid groups (broad SMARTS) is 1. The molecule has 0 unspecified atom stereocenters. The van der Waals surface area contributed by atoms with Crippen LogP contribution in [-0.2, 0) is 0 Å².